The molecule has 1 rings (SSSR count). The van der Waals surface area contributed by atoms with Gasteiger partial charge in [-0.25, -0.2) is 0 Å². The lowest BCUT2D eigenvalue weighted by atomic mass is 10.1. The molecule has 0 aliphatic heterocycles. The quantitative estimate of drug-likeness (QED) is 0.686. The Balaban J connectivity index is 2.71. The van der Waals surface area contributed by atoms with Gasteiger partial charge in [-0.2, -0.15) is 0 Å². The molecule has 0 bridgehead atoms. The SMILES string of the molecule is COc1cc(CNCCC(C)C)cc(Cl)c1OCC(N)=O. The average molecular weight is 315 g/mol. The Hall–Kier alpha value is -1.46. The maximum Gasteiger partial charge on any atom is 0.255 e. The highest BCUT2D eigenvalue weighted by molar-refractivity contribution is 6.32. The molecule has 0 aliphatic carbocycles. The summed E-state index contributed by atoms with van der Waals surface area (Å²) in [7, 11) is 1.53. The highest BCUT2D eigenvalue weighted by Crippen LogP contribution is 2.36. The van der Waals surface area contributed by atoms with Crippen LogP contribution in [0.5, 0.6) is 11.5 Å². The summed E-state index contributed by atoms with van der Waals surface area (Å²) < 4.78 is 10.5. The van der Waals surface area contributed by atoms with Crippen LogP contribution in [-0.4, -0.2) is 26.2 Å². The van der Waals surface area contributed by atoms with Gasteiger partial charge in [0.1, 0.15) is 0 Å². The van der Waals surface area contributed by atoms with Crippen LogP contribution in [0.25, 0.3) is 0 Å². The van der Waals surface area contributed by atoms with E-state index in [-0.39, 0.29) is 6.61 Å². The molecule has 1 aromatic carbocycles. The van der Waals surface area contributed by atoms with E-state index in [1.54, 1.807) is 6.07 Å². The lowest BCUT2D eigenvalue weighted by Gasteiger charge is -2.14. The summed E-state index contributed by atoms with van der Waals surface area (Å²) in [6.07, 6.45) is 1.12. The number of primary amides is 1. The molecule has 0 saturated carbocycles. The van der Waals surface area contributed by atoms with Crippen molar-refractivity contribution in [2.24, 2.45) is 11.7 Å². The molecule has 0 atom stereocenters. The van der Waals surface area contributed by atoms with Crippen molar-refractivity contribution in [2.75, 3.05) is 20.3 Å². The highest BCUT2D eigenvalue weighted by atomic mass is 35.5. The number of rotatable bonds is 9. The van der Waals surface area contributed by atoms with Gasteiger partial charge in [0.2, 0.25) is 0 Å². The largest absolute Gasteiger partial charge is 0.493 e. The Morgan fingerprint density at radius 2 is 2.14 bits per heavy atom. The minimum absolute atomic E-state index is 0.234. The number of nitrogens with two attached hydrogens (primary N) is 1. The van der Waals surface area contributed by atoms with Gasteiger partial charge in [0, 0.05) is 6.54 Å². The van der Waals surface area contributed by atoms with E-state index in [0.717, 1.165) is 18.5 Å². The van der Waals surface area contributed by atoms with Crippen LogP contribution in [0.1, 0.15) is 25.8 Å². The fraction of sp³-hybridized carbons (Fsp3) is 0.533. The molecule has 21 heavy (non-hydrogen) atoms. The van der Waals surface area contributed by atoms with Crippen LogP contribution in [0.2, 0.25) is 5.02 Å². The minimum Gasteiger partial charge on any atom is -0.493 e. The molecule has 0 unspecified atom stereocenters. The number of carbonyl (C=O) groups excluding carboxylic acids is 1. The number of hydrogen-bond acceptors (Lipinski definition) is 4. The molecule has 118 valence electrons. The molecule has 0 aromatic heterocycles. The van der Waals surface area contributed by atoms with E-state index in [9.17, 15) is 4.79 Å². The number of methoxy groups -OCH3 is 1. The van der Waals surface area contributed by atoms with E-state index in [2.05, 4.69) is 19.2 Å². The fourth-order valence-corrected chi connectivity index (χ4v) is 2.07. The van der Waals surface area contributed by atoms with Crippen LogP contribution >= 0.6 is 11.6 Å². The van der Waals surface area contributed by atoms with E-state index in [1.807, 2.05) is 6.07 Å². The number of halogens is 1. The lowest BCUT2D eigenvalue weighted by molar-refractivity contribution is -0.119. The molecule has 0 heterocycles. The normalized spacial score (nSPS) is 10.7. The van der Waals surface area contributed by atoms with Crippen LogP contribution in [0.3, 0.4) is 0 Å². The van der Waals surface area contributed by atoms with Gasteiger partial charge in [0.15, 0.2) is 18.1 Å². The van der Waals surface area contributed by atoms with Gasteiger partial charge < -0.3 is 20.5 Å². The summed E-state index contributed by atoms with van der Waals surface area (Å²) in [5.41, 5.74) is 6.05. The van der Waals surface area contributed by atoms with Crippen molar-refractivity contribution in [3.05, 3.63) is 22.7 Å². The van der Waals surface area contributed by atoms with E-state index < -0.39 is 5.91 Å². The van der Waals surface area contributed by atoms with Gasteiger partial charge in [0.05, 0.1) is 12.1 Å². The van der Waals surface area contributed by atoms with Crippen molar-refractivity contribution in [3.63, 3.8) is 0 Å². The monoisotopic (exact) mass is 314 g/mol. The number of amides is 1. The topological polar surface area (TPSA) is 73.6 Å². The smallest absolute Gasteiger partial charge is 0.255 e. The number of hydrogen-bond donors (Lipinski definition) is 2. The highest BCUT2D eigenvalue weighted by Gasteiger charge is 2.13. The minimum atomic E-state index is -0.562. The zero-order valence-corrected chi connectivity index (χ0v) is 13.5. The van der Waals surface area contributed by atoms with Gasteiger partial charge in [-0.3, -0.25) is 4.79 Å². The number of benzene rings is 1. The summed E-state index contributed by atoms with van der Waals surface area (Å²) >= 11 is 6.18. The van der Waals surface area contributed by atoms with Crippen molar-refractivity contribution in [1.29, 1.82) is 0 Å². The second kappa shape index (κ2) is 8.74. The third kappa shape index (κ3) is 6.23. The van der Waals surface area contributed by atoms with E-state index >= 15 is 0 Å². The maximum atomic E-state index is 10.8. The van der Waals surface area contributed by atoms with Crippen molar-refractivity contribution in [2.45, 2.75) is 26.8 Å². The Morgan fingerprint density at radius 1 is 1.43 bits per heavy atom. The Kier molecular flexibility index (Phi) is 7.32. The molecule has 0 saturated heterocycles. The average Bonchev–Trinajstić information content (AvgIpc) is 2.41. The standard InChI is InChI=1S/C15H23ClN2O3/c1-10(2)4-5-18-8-11-6-12(16)15(13(7-11)20-3)21-9-14(17)19/h6-7,10,18H,4-5,8-9H2,1-3H3,(H2,17,19). The summed E-state index contributed by atoms with van der Waals surface area (Å²) in [4.78, 5) is 10.8. The summed E-state index contributed by atoms with van der Waals surface area (Å²) in [5.74, 6) is 0.932. The molecule has 1 amide bonds. The predicted molar refractivity (Wildman–Crippen MR) is 83.9 cm³/mol. The number of carbonyl (C=O) groups is 1. The predicted octanol–water partition coefficient (Wildman–Crippen LogP) is 2.35. The van der Waals surface area contributed by atoms with Crippen molar-refractivity contribution >= 4 is 17.5 Å². The third-order valence-corrected chi connectivity index (χ3v) is 3.16. The molecule has 0 spiro atoms. The van der Waals surface area contributed by atoms with Gasteiger partial charge >= 0.3 is 0 Å². The Labute approximate surface area is 130 Å². The molecule has 5 nitrogen and oxygen atoms in total. The van der Waals surface area contributed by atoms with Crippen molar-refractivity contribution in [1.82, 2.24) is 5.32 Å². The van der Waals surface area contributed by atoms with Crippen molar-refractivity contribution < 1.29 is 14.3 Å². The molecule has 0 radical (unpaired) electrons. The van der Waals surface area contributed by atoms with Crippen LogP contribution in [0.15, 0.2) is 12.1 Å². The van der Waals surface area contributed by atoms with Crippen LogP contribution in [0.4, 0.5) is 0 Å². The first-order chi connectivity index (χ1) is 9.93. The van der Waals surface area contributed by atoms with Crippen LogP contribution in [-0.2, 0) is 11.3 Å². The van der Waals surface area contributed by atoms with E-state index in [4.69, 9.17) is 26.8 Å². The molecule has 1 aromatic rings. The van der Waals surface area contributed by atoms with Crippen LogP contribution < -0.4 is 20.5 Å². The second-order valence-electron chi connectivity index (χ2n) is 5.22. The zero-order chi connectivity index (χ0) is 15.8. The Morgan fingerprint density at radius 3 is 2.71 bits per heavy atom. The first kappa shape index (κ1) is 17.6. The molecule has 0 aliphatic rings. The summed E-state index contributed by atoms with van der Waals surface area (Å²) in [6, 6.07) is 3.63. The molecule has 3 N–H and O–H groups in total. The van der Waals surface area contributed by atoms with Gasteiger partial charge in [-0.1, -0.05) is 25.4 Å². The third-order valence-electron chi connectivity index (χ3n) is 2.88. The lowest BCUT2D eigenvalue weighted by Crippen LogP contribution is -2.20. The Bertz CT molecular complexity index is 478. The van der Waals surface area contributed by atoms with Crippen LogP contribution in [0, 0.1) is 5.92 Å². The first-order valence-electron chi connectivity index (χ1n) is 6.92. The second-order valence-corrected chi connectivity index (χ2v) is 5.63. The zero-order valence-electron chi connectivity index (χ0n) is 12.7. The number of nitrogens with one attached hydrogen (secondary N) is 1. The van der Waals surface area contributed by atoms with E-state index in [1.165, 1.54) is 7.11 Å². The first-order valence-corrected chi connectivity index (χ1v) is 7.30. The van der Waals surface area contributed by atoms with Crippen molar-refractivity contribution in [3.8, 4) is 11.5 Å². The fourth-order valence-electron chi connectivity index (χ4n) is 1.78. The summed E-state index contributed by atoms with van der Waals surface area (Å²) in [6.45, 7) is 5.78. The number of ether oxygens (including phenoxy) is 2. The van der Waals surface area contributed by atoms with Gasteiger partial charge in [0.25, 0.3) is 5.91 Å². The molecular formula is C15H23ClN2O3. The van der Waals surface area contributed by atoms with Gasteiger partial charge in [-0.05, 0) is 36.6 Å². The van der Waals surface area contributed by atoms with Gasteiger partial charge in [-0.15, -0.1) is 0 Å². The molecular weight excluding hydrogens is 292 g/mol. The maximum absolute atomic E-state index is 10.8. The summed E-state index contributed by atoms with van der Waals surface area (Å²) in [5, 5.41) is 3.75. The molecule has 0 fully saturated rings. The van der Waals surface area contributed by atoms with E-state index in [0.29, 0.717) is 29.0 Å². The molecule has 6 heteroatoms.